The van der Waals surface area contributed by atoms with E-state index in [1.165, 1.54) is 4.68 Å². The Labute approximate surface area is 155 Å². The van der Waals surface area contributed by atoms with Crippen LogP contribution >= 0.6 is 0 Å². The molecule has 4 aromatic rings. The SMILES string of the molecule is Cc1ccc(-c2nc3c(c(S(C)(=O)=O)nn3-c3ccccc3)c(=O)[nH]2)cc1. The summed E-state index contributed by atoms with van der Waals surface area (Å²) in [5.74, 6) is 0.352. The highest BCUT2D eigenvalue weighted by Gasteiger charge is 2.24. The molecule has 7 nitrogen and oxygen atoms in total. The van der Waals surface area contributed by atoms with Gasteiger partial charge in [0, 0.05) is 11.8 Å². The van der Waals surface area contributed by atoms with E-state index >= 15 is 0 Å². The summed E-state index contributed by atoms with van der Waals surface area (Å²) < 4.78 is 25.7. The predicted octanol–water partition coefficient (Wildman–Crippen LogP) is 2.49. The molecule has 136 valence electrons. The average Bonchev–Trinajstić information content (AvgIpc) is 3.03. The number of aromatic nitrogens is 4. The Kier molecular flexibility index (Phi) is 3.92. The van der Waals surface area contributed by atoms with Gasteiger partial charge in [-0.25, -0.2) is 18.1 Å². The third kappa shape index (κ3) is 3.04. The molecule has 0 radical (unpaired) electrons. The molecule has 1 N–H and O–H groups in total. The maximum Gasteiger partial charge on any atom is 0.263 e. The second-order valence-corrected chi connectivity index (χ2v) is 8.23. The van der Waals surface area contributed by atoms with Gasteiger partial charge >= 0.3 is 0 Å². The van der Waals surface area contributed by atoms with Gasteiger partial charge in [0.05, 0.1) is 5.69 Å². The van der Waals surface area contributed by atoms with Gasteiger partial charge in [0.15, 0.2) is 20.5 Å². The molecule has 0 bridgehead atoms. The summed E-state index contributed by atoms with van der Waals surface area (Å²) in [5.41, 5.74) is 2.07. The summed E-state index contributed by atoms with van der Waals surface area (Å²) >= 11 is 0. The monoisotopic (exact) mass is 380 g/mol. The van der Waals surface area contributed by atoms with Crippen molar-refractivity contribution in [3.8, 4) is 17.1 Å². The number of benzene rings is 2. The number of nitrogens with one attached hydrogen (secondary N) is 1. The first-order valence-corrected chi connectivity index (χ1v) is 10.1. The summed E-state index contributed by atoms with van der Waals surface area (Å²) in [7, 11) is -3.71. The smallest absolute Gasteiger partial charge is 0.263 e. The fraction of sp³-hybridized carbons (Fsp3) is 0.105. The van der Waals surface area contributed by atoms with Gasteiger partial charge in [-0.3, -0.25) is 4.79 Å². The normalized spacial score (nSPS) is 11.8. The van der Waals surface area contributed by atoms with Crippen molar-refractivity contribution in [3.63, 3.8) is 0 Å². The number of H-pyrrole nitrogens is 1. The highest BCUT2D eigenvalue weighted by molar-refractivity contribution is 7.90. The Balaban J connectivity index is 2.08. The van der Waals surface area contributed by atoms with Crippen molar-refractivity contribution in [2.75, 3.05) is 6.26 Å². The number of aromatic amines is 1. The number of nitrogens with zero attached hydrogens (tertiary/aromatic N) is 3. The van der Waals surface area contributed by atoms with E-state index < -0.39 is 15.4 Å². The van der Waals surface area contributed by atoms with Crippen LogP contribution in [0.4, 0.5) is 0 Å². The molecule has 0 unspecified atom stereocenters. The van der Waals surface area contributed by atoms with E-state index in [0.29, 0.717) is 11.5 Å². The molecular formula is C19H16N4O3S. The summed E-state index contributed by atoms with van der Waals surface area (Å²) in [6, 6.07) is 16.5. The van der Waals surface area contributed by atoms with Crippen LogP contribution in [0.2, 0.25) is 0 Å². The molecule has 2 aromatic heterocycles. The molecule has 0 spiro atoms. The summed E-state index contributed by atoms with van der Waals surface area (Å²) in [4.78, 5) is 19.9. The fourth-order valence-corrected chi connectivity index (χ4v) is 3.64. The van der Waals surface area contributed by atoms with Crippen LogP contribution < -0.4 is 5.56 Å². The zero-order valence-corrected chi connectivity index (χ0v) is 15.5. The van der Waals surface area contributed by atoms with E-state index in [9.17, 15) is 13.2 Å². The zero-order valence-electron chi connectivity index (χ0n) is 14.7. The van der Waals surface area contributed by atoms with Crippen LogP contribution in [0.5, 0.6) is 0 Å². The van der Waals surface area contributed by atoms with Crippen LogP contribution in [0.15, 0.2) is 64.4 Å². The number of aryl methyl sites for hydroxylation is 1. The highest BCUT2D eigenvalue weighted by Crippen LogP contribution is 2.23. The number of hydrogen-bond acceptors (Lipinski definition) is 5. The Morgan fingerprint density at radius 1 is 1.00 bits per heavy atom. The standard InChI is InChI=1S/C19H16N4O3S/c1-12-8-10-13(11-9-12)16-20-17-15(18(24)21-16)19(27(2,25)26)22-23(17)14-6-4-3-5-7-14/h3-11H,1-2H3,(H,20,21,24). The van der Waals surface area contributed by atoms with Gasteiger partial charge in [-0.1, -0.05) is 48.0 Å². The maximum atomic E-state index is 12.7. The molecule has 4 rings (SSSR count). The largest absolute Gasteiger partial charge is 0.306 e. The lowest BCUT2D eigenvalue weighted by Crippen LogP contribution is -2.12. The van der Waals surface area contributed by atoms with Gasteiger partial charge in [-0.2, -0.15) is 5.10 Å². The minimum absolute atomic E-state index is 0.0442. The molecule has 0 saturated heterocycles. The predicted molar refractivity (Wildman–Crippen MR) is 103 cm³/mol. The molecular weight excluding hydrogens is 364 g/mol. The van der Waals surface area contributed by atoms with E-state index in [4.69, 9.17) is 0 Å². The Morgan fingerprint density at radius 3 is 2.30 bits per heavy atom. The first-order chi connectivity index (χ1) is 12.8. The number of hydrogen-bond donors (Lipinski definition) is 1. The van der Waals surface area contributed by atoms with E-state index in [1.54, 1.807) is 24.3 Å². The van der Waals surface area contributed by atoms with Gasteiger partial charge < -0.3 is 4.98 Å². The fourth-order valence-electron chi connectivity index (χ4n) is 2.85. The Morgan fingerprint density at radius 2 is 1.67 bits per heavy atom. The molecule has 8 heteroatoms. The van der Waals surface area contributed by atoms with Crippen molar-refractivity contribution in [3.05, 3.63) is 70.5 Å². The van der Waals surface area contributed by atoms with Crippen molar-refractivity contribution in [1.82, 2.24) is 19.7 Å². The molecule has 0 aliphatic heterocycles. The van der Waals surface area contributed by atoms with E-state index in [1.807, 2.05) is 37.3 Å². The molecule has 0 atom stereocenters. The first-order valence-electron chi connectivity index (χ1n) is 8.20. The van der Waals surface area contributed by atoms with Gasteiger partial charge in [0.1, 0.15) is 11.2 Å². The first kappa shape index (κ1) is 17.2. The Hall–Kier alpha value is -3.26. The van der Waals surface area contributed by atoms with Crippen LogP contribution in [0.3, 0.4) is 0 Å². The maximum absolute atomic E-state index is 12.7. The second-order valence-electron chi connectivity index (χ2n) is 6.30. The molecule has 2 aromatic carbocycles. The lowest BCUT2D eigenvalue weighted by molar-refractivity contribution is 0.597. The van der Waals surface area contributed by atoms with E-state index in [0.717, 1.165) is 17.4 Å². The third-order valence-corrected chi connectivity index (χ3v) is 5.17. The highest BCUT2D eigenvalue weighted by atomic mass is 32.2. The molecule has 27 heavy (non-hydrogen) atoms. The average molecular weight is 380 g/mol. The molecule has 0 aliphatic rings. The minimum Gasteiger partial charge on any atom is -0.306 e. The molecule has 0 saturated carbocycles. The number of sulfone groups is 1. The Bertz CT molecular complexity index is 1310. The molecule has 2 heterocycles. The van der Waals surface area contributed by atoms with Crippen LogP contribution in [0.25, 0.3) is 28.1 Å². The van der Waals surface area contributed by atoms with Crippen molar-refractivity contribution < 1.29 is 8.42 Å². The molecule has 0 amide bonds. The van der Waals surface area contributed by atoms with Crippen molar-refractivity contribution >= 4 is 20.9 Å². The molecule has 0 fully saturated rings. The van der Waals surface area contributed by atoms with Gasteiger partial charge in [-0.15, -0.1) is 0 Å². The van der Waals surface area contributed by atoms with Crippen molar-refractivity contribution in [1.29, 1.82) is 0 Å². The van der Waals surface area contributed by atoms with Crippen LogP contribution in [0, 0.1) is 6.92 Å². The van der Waals surface area contributed by atoms with Crippen molar-refractivity contribution in [2.24, 2.45) is 0 Å². The topological polar surface area (TPSA) is 97.7 Å². The van der Waals surface area contributed by atoms with E-state index in [-0.39, 0.29) is 16.1 Å². The summed E-state index contributed by atoms with van der Waals surface area (Å²) in [6.07, 6.45) is 1.03. The van der Waals surface area contributed by atoms with Crippen LogP contribution in [-0.4, -0.2) is 34.4 Å². The lowest BCUT2D eigenvalue weighted by Gasteiger charge is -2.05. The third-order valence-electron chi connectivity index (χ3n) is 4.18. The van der Waals surface area contributed by atoms with Gasteiger partial charge in [-0.05, 0) is 19.1 Å². The second kappa shape index (κ2) is 6.17. The summed E-state index contributed by atoms with van der Waals surface area (Å²) in [5, 5.41) is 3.86. The van der Waals surface area contributed by atoms with Crippen LogP contribution in [-0.2, 0) is 9.84 Å². The quantitative estimate of drug-likeness (QED) is 0.589. The number of para-hydroxylation sites is 1. The van der Waals surface area contributed by atoms with Gasteiger partial charge in [0.25, 0.3) is 5.56 Å². The lowest BCUT2D eigenvalue weighted by atomic mass is 10.1. The van der Waals surface area contributed by atoms with E-state index in [2.05, 4.69) is 15.1 Å². The number of rotatable bonds is 3. The van der Waals surface area contributed by atoms with Crippen molar-refractivity contribution in [2.45, 2.75) is 11.9 Å². The summed E-state index contributed by atoms with van der Waals surface area (Å²) in [6.45, 7) is 1.96. The van der Waals surface area contributed by atoms with Gasteiger partial charge in [0.2, 0.25) is 0 Å². The molecule has 0 aliphatic carbocycles. The van der Waals surface area contributed by atoms with Crippen LogP contribution in [0.1, 0.15) is 5.56 Å². The minimum atomic E-state index is -3.71. The number of fused-ring (bicyclic) bond motifs is 1. The zero-order chi connectivity index (χ0) is 19.2.